The number of amides is 3. The maximum absolute atomic E-state index is 13.3. The lowest BCUT2D eigenvalue weighted by Gasteiger charge is -2.19. The molecule has 2 fully saturated rings. The van der Waals surface area contributed by atoms with Crippen LogP contribution in [-0.2, 0) is 20.2 Å². The van der Waals surface area contributed by atoms with Crippen LogP contribution >= 0.6 is 0 Å². The van der Waals surface area contributed by atoms with Crippen LogP contribution in [0.3, 0.4) is 0 Å². The molecule has 0 aliphatic carbocycles. The summed E-state index contributed by atoms with van der Waals surface area (Å²) in [5.41, 5.74) is 0.950. The summed E-state index contributed by atoms with van der Waals surface area (Å²) in [5, 5.41) is 3.47. The van der Waals surface area contributed by atoms with Gasteiger partial charge in [0.25, 0.3) is 5.91 Å². The SMILES string of the molecule is Cc1cc(C(=O)CN2C(=O)N[C@](C)(c3cc4ccccc4o3)C2=O)c(C)n1[C@H]1CCS(=O)(=O)C1. The minimum Gasteiger partial charge on any atom is -0.458 e. The first-order valence-electron chi connectivity index (χ1n) is 11.1. The van der Waals surface area contributed by atoms with E-state index in [0.717, 1.165) is 16.0 Å². The van der Waals surface area contributed by atoms with Crippen molar-refractivity contribution in [3.05, 3.63) is 59.1 Å². The molecule has 0 unspecified atom stereocenters. The summed E-state index contributed by atoms with van der Waals surface area (Å²) >= 11 is 0. The fraction of sp³-hybridized carbons (Fsp3) is 0.375. The van der Waals surface area contributed by atoms with Crippen molar-refractivity contribution >= 4 is 38.5 Å². The van der Waals surface area contributed by atoms with Crippen LogP contribution in [0.25, 0.3) is 11.0 Å². The molecule has 178 valence electrons. The molecule has 2 aromatic heterocycles. The number of carbonyl (C=O) groups excluding carboxylic acids is 3. The average Bonchev–Trinajstić information content (AvgIpc) is 3.49. The van der Waals surface area contributed by atoms with Gasteiger partial charge in [-0.25, -0.2) is 13.2 Å². The Morgan fingerprint density at radius 2 is 1.94 bits per heavy atom. The summed E-state index contributed by atoms with van der Waals surface area (Å²) in [6.45, 7) is 4.71. The molecule has 2 aliphatic rings. The van der Waals surface area contributed by atoms with Crippen LogP contribution in [0.4, 0.5) is 4.79 Å². The second-order valence-corrected chi connectivity index (χ2v) is 11.5. The fourth-order valence-corrected chi connectivity index (χ4v) is 6.76. The molecular formula is C24H25N3O6S. The van der Waals surface area contributed by atoms with Gasteiger partial charge in [-0.05, 0) is 45.4 Å². The number of hydrogen-bond donors (Lipinski definition) is 1. The molecular weight excluding hydrogens is 458 g/mol. The van der Waals surface area contributed by atoms with E-state index >= 15 is 0 Å². The molecule has 1 N–H and O–H groups in total. The number of sulfone groups is 1. The summed E-state index contributed by atoms with van der Waals surface area (Å²) < 4.78 is 31.6. The van der Waals surface area contributed by atoms with E-state index in [9.17, 15) is 22.8 Å². The van der Waals surface area contributed by atoms with Gasteiger partial charge in [0.05, 0.1) is 18.1 Å². The molecule has 0 radical (unpaired) electrons. The first-order valence-corrected chi connectivity index (χ1v) is 12.9. The molecule has 10 heteroatoms. The van der Waals surface area contributed by atoms with Gasteiger partial charge in [0.2, 0.25) is 0 Å². The number of aromatic nitrogens is 1. The van der Waals surface area contributed by atoms with E-state index in [2.05, 4.69) is 5.32 Å². The van der Waals surface area contributed by atoms with Crippen molar-refractivity contribution in [2.45, 2.75) is 38.8 Å². The van der Waals surface area contributed by atoms with E-state index in [1.165, 1.54) is 0 Å². The molecule has 2 aliphatic heterocycles. The van der Waals surface area contributed by atoms with Gasteiger partial charge in [0.1, 0.15) is 11.3 Å². The number of furan rings is 1. The number of hydrogen-bond acceptors (Lipinski definition) is 6. The van der Waals surface area contributed by atoms with E-state index < -0.39 is 39.6 Å². The van der Waals surface area contributed by atoms with Gasteiger partial charge < -0.3 is 14.3 Å². The Balaban J connectivity index is 1.40. The number of rotatable bonds is 5. The first-order chi connectivity index (χ1) is 16.0. The summed E-state index contributed by atoms with van der Waals surface area (Å²) in [5.74, 6) is -0.499. The van der Waals surface area contributed by atoms with Crippen LogP contribution in [0.1, 0.15) is 46.9 Å². The van der Waals surface area contributed by atoms with Crippen LogP contribution in [0, 0.1) is 13.8 Å². The molecule has 2 atom stereocenters. The average molecular weight is 484 g/mol. The van der Waals surface area contributed by atoms with Crippen molar-refractivity contribution in [2.24, 2.45) is 0 Å². The van der Waals surface area contributed by atoms with Crippen molar-refractivity contribution in [2.75, 3.05) is 18.1 Å². The number of Topliss-reactive ketones (excluding diaryl/α,β-unsaturated/α-hetero) is 1. The summed E-state index contributed by atoms with van der Waals surface area (Å²) in [7, 11) is -3.09. The lowest BCUT2D eigenvalue weighted by atomic mass is 9.98. The maximum Gasteiger partial charge on any atom is 0.325 e. The van der Waals surface area contributed by atoms with Gasteiger partial charge in [-0.1, -0.05) is 18.2 Å². The number of nitrogens with zero attached hydrogens (tertiary/aromatic N) is 2. The topological polar surface area (TPSA) is 119 Å². The summed E-state index contributed by atoms with van der Waals surface area (Å²) in [4.78, 5) is 40.1. The van der Waals surface area contributed by atoms with Crippen molar-refractivity contribution in [1.82, 2.24) is 14.8 Å². The van der Waals surface area contributed by atoms with Crippen LogP contribution in [-0.4, -0.2) is 53.7 Å². The van der Waals surface area contributed by atoms with E-state index in [4.69, 9.17) is 4.42 Å². The highest BCUT2D eigenvalue weighted by Crippen LogP contribution is 2.34. The van der Waals surface area contributed by atoms with Gasteiger partial charge in [-0.2, -0.15) is 0 Å². The van der Waals surface area contributed by atoms with Crippen LogP contribution in [0.15, 0.2) is 40.8 Å². The number of para-hydroxylation sites is 1. The van der Waals surface area contributed by atoms with E-state index in [1.807, 2.05) is 29.7 Å². The number of imide groups is 1. The third-order valence-corrected chi connectivity index (χ3v) is 8.60. The minimum atomic E-state index is -3.09. The molecule has 0 saturated carbocycles. The Kier molecular flexibility index (Phi) is 4.98. The second kappa shape index (κ2) is 7.56. The van der Waals surface area contributed by atoms with Gasteiger partial charge in [0, 0.05) is 28.4 Å². The maximum atomic E-state index is 13.3. The fourth-order valence-electron chi connectivity index (χ4n) is 5.06. The van der Waals surface area contributed by atoms with Crippen LogP contribution in [0.2, 0.25) is 0 Å². The van der Waals surface area contributed by atoms with Gasteiger partial charge in [-0.3, -0.25) is 14.5 Å². The van der Waals surface area contributed by atoms with E-state index in [0.29, 0.717) is 29.0 Å². The Morgan fingerprint density at radius 1 is 1.21 bits per heavy atom. The van der Waals surface area contributed by atoms with Gasteiger partial charge in [0.15, 0.2) is 21.2 Å². The first kappa shape index (κ1) is 22.4. The van der Waals surface area contributed by atoms with Crippen molar-refractivity contribution in [3.8, 4) is 0 Å². The third-order valence-electron chi connectivity index (χ3n) is 6.85. The Morgan fingerprint density at radius 3 is 2.62 bits per heavy atom. The number of aryl methyl sites for hydroxylation is 1. The van der Waals surface area contributed by atoms with Gasteiger partial charge in [-0.15, -0.1) is 0 Å². The number of fused-ring (bicyclic) bond motifs is 1. The predicted octanol–water partition coefficient (Wildman–Crippen LogP) is 2.86. The molecule has 5 rings (SSSR count). The molecule has 3 amide bonds. The highest BCUT2D eigenvalue weighted by atomic mass is 32.2. The number of urea groups is 1. The van der Waals surface area contributed by atoms with Crippen LogP contribution < -0.4 is 5.32 Å². The second-order valence-electron chi connectivity index (χ2n) is 9.23. The highest BCUT2D eigenvalue weighted by molar-refractivity contribution is 7.91. The standard InChI is InChI=1S/C24H25N3O6S/c1-14-10-18(15(2)27(14)17-8-9-34(31,32)13-17)19(28)12-26-22(29)24(3,25-23(26)30)21-11-16-6-4-5-7-20(16)33-21/h4-7,10-11,17H,8-9,12-13H2,1-3H3,(H,25,30)/t17-,24+/m0/s1. The molecule has 4 heterocycles. The Bertz CT molecular complexity index is 1430. The minimum absolute atomic E-state index is 0.0415. The van der Waals surface area contributed by atoms with Crippen LogP contribution in [0.5, 0.6) is 0 Å². The molecule has 0 bridgehead atoms. The lowest BCUT2D eigenvalue weighted by Crippen LogP contribution is -2.41. The molecule has 34 heavy (non-hydrogen) atoms. The Hall–Kier alpha value is -3.40. The molecule has 1 aromatic carbocycles. The largest absolute Gasteiger partial charge is 0.458 e. The normalized spacial score (nSPS) is 24.2. The zero-order valence-corrected chi connectivity index (χ0v) is 19.9. The number of ketones is 1. The zero-order valence-electron chi connectivity index (χ0n) is 19.1. The quantitative estimate of drug-likeness (QED) is 0.440. The summed E-state index contributed by atoms with van der Waals surface area (Å²) in [6.07, 6.45) is 0.495. The van der Waals surface area contributed by atoms with Crippen molar-refractivity contribution in [1.29, 1.82) is 0 Å². The lowest BCUT2D eigenvalue weighted by molar-refractivity contribution is -0.131. The van der Waals surface area contributed by atoms with E-state index in [-0.39, 0.29) is 17.5 Å². The van der Waals surface area contributed by atoms with Crippen molar-refractivity contribution < 1.29 is 27.2 Å². The molecule has 3 aromatic rings. The number of benzene rings is 1. The highest BCUT2D eigenvalue weighted by Gasteiger charge is 2.51. The molecule has 0 spiro atoms. The zero-order chi connectivity index (χ0) is 24.4. The smallest absolute Gasteiger partial charge is 0.325 e. The monoisotopic (exact) mass is 483 g/mol. The number of nitrogens with one attached hydrogen (secondary N) is 1. The van der Waals surface area contributed by atoms with Gasteiger partial charge >= 0.3 is 6.03 Å². The molecule has 9 nitrogen and oxygen atoms in total. The predicted molar refractivity (Wildman–Crippen MR) is 124 cm³/mol. The van der Waals surface area contributed by atoms with E-state index in [1.54, 1.807) is 32.0 Å². The Labute approximate surface area is 196 Å². The number of carbonyl (C=O) groups is 3. The van der Waals surface area contributed by atoms with Crippen molar-refractivity contribution in [3.63, 3.8) is 0 Å². The summed E-state index contributed by atoms with van der Waals surface area (Å²) in [6, 6.07) is 9.80. The third kappa shape index (κ3) is 3.44. The molecule has 2 saturated heterocycles.